The van der Waals surface area contributed by atoms with Crippen molar-refractivity contribution in [2.24, 2.45) is 28.6 Å². The number of hydrogen-bond acceptors (Lipinski definition) is 5. The van der Waals surface area contributed by atoms with Crippen molar-refractivity contribution in [2.45, 2.75) is 72.0 Å². The molecule has 0 aromatic heterocycles. The number of rotatable bonds is 2. The maximum atomic E-state index is 12.0. The number of carbonyl (C=O) groups excluding carboxylic acids is 3. The van der Waals surface area contributed by atoms with Crippen molar-refractivity contribution in [2.75, 3.05) is 0 Å². The molecule has 0 aromatic carbocycles. The van der Waals surface area contributed by atoms with Crippen LogP contribution in [0.5, 0.6) is 0 Å². The minimum Gasteiger partial charge on any atom is -0.462 e. The molecular weight excluding hydrogens is 356 g/mol. The number of ketones is 1. The Bertz CT molecular complexity index is 780. The smallest absolute Gasteiger partial charge is 0.303 e. The molecule has 0 unspecified atom stereocenters. The lowest BCUT2D eigenvalue weighted by Crippen LogP contribution is -2.55. The van der Waals surface area contributed by atoms with Crippen LogP contribution in [0.15, 0.2) is 23.8 Å². The van der Waals surface area contributed by atoms with Crippen LogP contribution in [-0.4, -0.2) is 29.9 Å². The second kappa shape index (κ2) is 6.57. The van der Waals surface area contributed by atoms with E-state index in [9.17, 15) is 14.4 Å². The van der Waals surface area contributed by atoms with E-state index in [1.54, 1.807) is 6.08 Å². The Morgan fingerprint density at radius 1 is 1.04 bits per heavy atom. The fourth-order valence-electron chi connectivity index (χ4n) is 6.72. The maximum Gasteiger partial charge on any atom is 0.303 e. The van der Waals surface area contributed by atoms with Gasteiger partial charge in [-0.2, -0.15) is 0 Å². The van der Waals surface area contributed by atoms with Crippen LogP contribution >= 0.6 is 0 Å². The van der Waals surface area contributed by atoms with E-state index in [4.69, 9.17) is 9.47 Å². The second-order valence-corrected chi connectivity index (χ2v) is 9.54. The number of hydrogen-bond donors (Lipinski definition) is 0. The molecule has 2 saturated carbocycles. The van der Waals surface area contributed by atoms with Gasteiger partial charge in [0.25, 0.3) is 0 Å². The number of esters is 2. The highest BCUT2D eigenvalue weighted by Gasteiger charge is 2.61. The Balaban J connectivity index is 1.75. The van der Waals surface area contributed by atoms with Crippen LogP contribution < -0.4 is 0 Å². The third-order valence-electron chi connectivity index (χ3n) is 8.04. The lowest BCUT2D eigenvalue weighted by molar-refractivity contribution is -0.164. The molecular formula is C23H30O5. The van der Waals surface area contributed by atoms with Gasteiger partial charge in [0.15, 0.2) is 5.78 Å². The zero-order valence-electron chi connectivity index (χ0n) is 17.2. The summed E-state index contributed by atoms with van der Waals surface area (Å²) in [6, 6.07) is 0. The van der Waals surface area contributed by atoms with Crippen LogP contribution in [0.3, 0.4) is 0 Å². The Morgan fingerprint density at radius 2 is 1.75 bits per heavy atom. The fourth-order valence-corrected chi connectivity index (χ4v) is 6.72. The Labute approximate surface area is 166 Å². The first-order valence-corrected chi connectivity index (χ1v) is 10.4. The van der Waals surface area contributed by atoms with E-state index >= 15 is 0 Å². The minimum absolute atomic E-state index is 0.0735. The Morgan fingerprint density at radius 3 is 2.43 bits per heavy atom. The molecule has 0 spiro atoms. The highest BCUT2D eigenvalue weighted by atomic mass is 16.5. The van der Waals surface area contributed by atoms with E-state index in [1.165, 1.54) is 13.8 Å². The lowest BCUT2D eigenvalue weighted by atomic mass is 9.48. The molecule has 4 aliphatic carbocycles. The van der Waals surface area contributed by atoms with E-state index in [2.05, 4.69) is 26.0 Å². The number of allylic oxidation sites excluding steroid dienone is 3. The molecule has 0 N–H and O–H groups in total. The summed E-state index contributed by atoms with van der Waals surface area (Å²) in [7, 11) is 0. The molecule has 0 aliphatic heterocycles. The molecule has 2 fully saturated rings. The monoisotopic (exact) mass is 386 g/mol. The van der Waals surface area contributed by atoms with Crippen molar-refractivity contribution in [3.05, 3.63) is 23.8 Å². The fraction of sp³-hybridized carbons (Fsp3) is 0.696. The largest absolute Gasteiger partial charge is 0.462 e. The van der Waals surface area contributed by atoms with Gasteiger partial charge in [-0.15, -0.1) is 0 Å². The summed E-state index contributed by atoms with van der Waals surface area (Å²) in [5.74, 6) is 0.409. The molecule has 5 heteroatoms. The second-order valence-electron chi connectivity index (χ2n) is 9.54. The zero-order chi connectivity index (χ0) is 20.3. The summed E-state index contributed by atoms with van der Waals surface area (Å²) < 4.78 is 11.5. The summed E-state index contributed by atoms with van der Waals surface area (Å²) in [6.07, 6.45) is 9.65. The van der Waals surface area contributed by atoms with Gasteiger partial charge in [-0.3, -0.25) is 14.4 Å². The highest BCUT2D eigenvalue weighted by Crippen LogP contribution is 2.64. The summed E-state index contributed by atoms with van der Waals surface area (Å²) in [5, 5.41) is 0. The third kappa shape index (κ3) is 2.85. The molecule has 4 rings (SSSR count). The third-order valence-corrected chi connectivity index (χ3v) is 8.04. The molecule has 28 heavy (non-hydrogen) atoms. The molecule has 0 saturated heterocycles. The topological polar surface area (TPSA) is 69.7 Å². The summed E-state index contributed by atoms with van der Waals surface area (Å²) in [6.45, 7) is 7.39. The summed E-state index contributed by atoms with van der Waals surface area (Å²) in [4.78, 5) is 35.6. The molecule has 0 bridgehead atoms. The van der Waals surface area contributed by atoms with Gasteiger partial charge >= 0.3 is 11.9 Å². The van der Waals surface area contributed by atoms with Gasteiger partial charge < -0.3 is 9.47 Å². The Hall–Kier alpha value is -1.91. The predicted octanol–water partition coefficient (Wildman–Crippen LogP) is 3.77. The van der Waals surface area contributed by atoms with Gasteiger partial charge in [0, 0.05) is 37.0 Å². The van der Waals surface area contributed by atoms with Gasteiger partial charge in [0.05, 0.1) is 0 Å². The van der Waals surface area contributed by atoms with Crippen LogP contribution in [-0.2, 0) is 23.9 Å². The standard InChI is InChI=1S/C23H30O5/c1-13(24)27-19-12-15-11-16(26)7-9-22(15,3)18-8-10-23(4)17(21(18)19)5-6-20(23)28-14(2)25/h7,9,12,17-21H,5-6,8,10-11H2,1-4H3/t17-,18-,19-,20-,21-,22-,23-/m0/s1. The van der Waals surface area contributed by atoms with Crippen molar-refractivity contribution in [3.63, 3.8) is 0 Å². The van der Waals surface area contributed by atoms with Crippen LogP contribution in [0.25, 0.3) is 0 Å². The van der Waals surface area contributed by atoms with Gasteiger partial charge in [-0.05, 0) is 49.7 Å². The van der Waals surface area contributed by atoms with Crippen molar-refractivity contribution in [3.8, 4) is 0 Å². The number of ether oxygens (including phenoxy) is 2. The maximum absolute atomic E-state index is 12.0. The molecule has 7 atom stereocenters. The van der Waals surface area contributed by atoms with Crippen LogP contribution in [0.4, 0.5) is 0 Å². The van der Waals surface area contributed by atoms with Crippen LogP contribution in [0.1, 0.15) is 59.8 Å². The molecule has 152 valence electrons. The van der Waals surface area contributed by atoms with Crippen LogP contribution in [0.2, 0.25) is 0 Å². The first-order valence-electron chi connectivity index (χ1n) is 10.4. The van der Waals surface area contributed by atoms with Crippen molar-refractivity contribution >= 4 is 17.7 Å². The van der Waals surface area contributed by atoms with E-state index in [0.29, 0.717) is 18.3 Å². The van der Waals surface area contributed by atoms with Gasteiger partial charge in [-0.25, -0.2) is 0 Å². The summed E-state index contributed by atoms with van der Waals surface area (Å²) >= 11 is 0. The highest BCUT2D eigenvalue weighted by molar-refractivity contribution is 5.93. The predicted molar refractivity (Wildman–Crippen MR) is 103 cm³/mol. The number of carbonyl (C=O) groups is 3. The van der Waals surface area contributed by atoms with Crippen molar-refractivity contribution < 1.29 is 23.9 Å². The van der Waals surface area contributed by atoms with Gasteiger partial charge in [0.1, 0.15) is 12.2 Å². The first-order chi connectivity index (χ1) is 13.1. The SMILES string of the molecule is CC(=O)O[C@H]1C=C2CC(=O)C=C[C@]2(C)[C@H]2CC[C@]3(C)[C@@H](OC(C)=O)CC[C@H]3[C@H]12. The number of fused-ring (bicyclic) bond motifs is 5. The summed E-state index contributed by atoms with van der Waals surface area (Å²) in [5.41, 5.74) is 0.822. The van der Waals surface area contributed by atoms with Crippen molar-refractivity contribution in [1.82, 2.24) is 0 Å². The van der Waals surface area contributed by atoms with E-state index in [0.717, 1.165) is 31.3 Å². The van der Waals surface area contributed by atoms with E-state index < -0.39 is 0 Å². The first kappa shape index (κ1) is 19.4. The zero-order valence-corrected chi connectivity index (χ0v) is 17.2. The average molecular weight is 386 g/mol. The van der Waals surface area contributed by atoms with Crippen molar-refractivity contribution in [1.29, 1.82) is 0 Å². The normalized spacial score (nSPS) is 44.1. The minimum atomic E-state index is -0.314. The molecule has 0 amide bonds. The molecule has 5 nitrogen and oxygen atoms in total. The molecule has 0 aromatic rings. The van der Waals surface area contributed by atoms with E-state index in [1.807, 2.05) is 0 Å². The van der Waals surface area contributed by atoms with E-state index in [-0.39, 0.29) is 46.7 Å². The molecule has 4 aliphatic rings. The Kier molecular flexibility index (Phi) is 4.55. The van der Waals surface area contributed by atoms with Gasteiger partial charge in [-0.1, -0.05) is 25.5 Å². The van der Waals surface area contributed by atoms with Crippen LogP contribution in [0, 0.1) is 28.6 Å². The van der Waals surface area contributed by atoms with Gasteiger partial charge in [0.2, 0.25) is 0 Å². The lowest BCUT2D eigenvalue weighted by Gasteiger charge is -2.57. The quantitative estimate of drug-likeness (QED) is 0.534. The molecule has 0 heterocycles. The average Bonchev–Trinajstić information content (AvgIpc) is 2.92. The molecule has 0 radical (unpaired) electrons.